The predicted octanol–water partition coefficient (Wildman–Crippen LogP) is 4.32. The summed E-state index contributed by atoms with van der Waals surface area (Å²) >= 11 is 0. The van der Waals surface area contributed by atoms with Gasteiger partial charge in [0.05, 0.1) is 22.4 Å². The molecule has 0 unspecified atom stereocenters. The van der Waals surface area contributed by atoms with E-state index in [1.807, 2.05) is 0 Å². The van der Waals surface area contributed by atoms with E-state index in [4.69, 9.17) is 0 Å². The highest BCUT2D eigenvalue weighted by molar-refractivity contribution is 5.74. The van der Waals surface area contributed by atoms with Gasteiger partial charge in [-0.1, -0.05) is 59.7 Å². The molecule has 4 rings (SSSR count). The van der Waals surface area contributed by atoms with Gasteiger partial charge in [-0.25, -0.2) is 0 Å². The van der Waals surface area contributed by atoms with Gasteiger partial charge in [0, 0.05) is 0 Å². The Morgan fingerprint density at radius 3 is 2.04 bits per heavy atom. The Labute approximate surface area is 136 Å². The first-order valence-corrected chi connectivity index (χ1v) is 7.81. The van der Waals surface area contributed by atoms with Crippen molar-refractivity contribution in [3.63, 3.8) is 0 Å². The van der Waals surface area contributed by atoms with Crippen LogP contribution in [0.1, 0.15) is 11.1 Å². The quantitative estimate of drug-likeness (QED) is 0.385. The summed E-state index contributed by atoms with van der Waals surface area (Å²) in [6.45, 7) is 4.21. The van der Waals surface area contributed by atoms with Crippen molar-refractivity contribution < 1.29 is 4.57 Å². The van der Waals surface area contributed by atoms with E-state index in [1.165, 1.54) is 11.1 Å². The molecule has 0 radical (unpaired) electrons. The molecule has 0 N–H and O–H groups in total. The molecular weight excluding hydrogens is 280 g/mol. The standard InChI is InChI=1S/C21H18N2/c1-16-7-11-18(12-8-16)22-15-23(19-13-9-17(2)10-14-19)21-6-4-3-5-20(21)22/h3-14H,1-2H3. The van der Waals surface area contributed by atoms with Gasteiger partial charge in [-0.15, -0.1) is 0 Å². The summed E-state index contributed by atoms with van der Waals surface area (Å²) in [5, 5.41) is 0. The molecule has 0 amide bonds. The number of para-hydroxylation sites is 2. The van der Waals surface area contributed by atoms with E-state index >= 15 is 0 Å². The second-order valence-electron chi connectivity index (χ2n) is 5.93. The van der Waals surface area contributed by atoms with Gasteiger partial charge in [-0.3, -0.25) is 9.13 Å². The molecule has 0 saturated heterocycles. The molecule has 4 aromatic rings. The topological polar surface area (TPSA) is 8.81 Å². The Hall–Kier alpha value is -2.87. The molecule has 0 aliphatic carbocycles. The molecule has 3 aromatic carbocycles. The van der Waals surface area contributed by atoms with Gasteiger partial charge in [0.15, 0.2) is 0 Å². The highest BCUT2D eigenvalue weighted by Gasteiger charge is 2.11. The van der Waals surface area contributed by atoms with Gasteiger partial charge in [0.2, 0.25) is 0 Å². The molecular formula is C21H18N2. The van der Waals surface area contributed by atoms with Crippen molar-refractivity contribution in [3.8, 4) is 11.4 Å². The van der Waals surface area contributed by atoms with Crippen molar-refractivity contribution in [3.05, 3.63) is 90.3 Å². The maximum Gasteiger partial charge on any atom is 0.269 e. The molecule has 2 heteroatoms. The minimum atomic E-state index is 1.12. The zero-order valence-electron chi connectivity index (χ0n) is 13.3. The summed E-state index contributed by atoms with van der Waals surface area (Å²) in [5.74, 6) is 0. The smallest absolute Gasteiger partial charge is 0.269 e. The maximum atomic E-state index is 3.49. The zero-order chi connectivity index (χ0) is 15.8. The molecule has 1 aromatic heterocycles. The number of aryl methyl sites for hydroxylation is 2. The van der Waals surface area contributed by atoms with Crippen LogP contribution in [0.3, 0.4) is 0 Å². The number of benzene rings is 3. The second-order valence-corrected chi connectivity index (χ2v) is 5.93. The second kappa shape index (κ2) is 5.40. The molecule has 0 aliphatic heterocycles. The Bertz CT molecular complexity index is 882. The van der Waals surface area contributed by atoms with E-state index in [0.29, 0.717) is 0 Å². The van der Waals surface area contributed by atoms with Crippen LogP contribution in [0.5, 0.6) is 0 Å². The zero-order valence-corrected chi connectivity index (χ0v) is 13.3. The van der Waals surface area contributed by atoms with Gasteiger partial charge in [0.1, 0.15) is 0 Å². The van der Waals surface area contributed by atoms with Crippen LogP contribution < -0.4 is 4.57 Å². The van der Waals surface area contributed by atoms with Crippen molar-refractivity contribution in [2.24, 2.45) is 0 Å². The minimum absolute atomic E-state index is 1.12. The highest BCUT2D eigenvalue weighted by atomic mass is 15.1. The highest BCUT2D eigenvalue weighted by Crippen LogP contribution is 2.18. The van der Waals surface area contributed by atoms with Gasteiger partial charge in [-0.05, 0) is 38.1 Å². The van der Waals surface area contributed by atoms with Crippen molar-refractivity contribution in [2.45, 2.75) is 13.8 Å². The monoisotopic (exact) mass is 298 g/mol. The predicted molar refractivity (Wildman–Crippen MR) is 93.1 cm³/mol. The normalized spacial score (nSPS) is 11.0. The van der Waals surface area contributed by atoms with E-state index in [0.717, 1.165) is 22.4 Å². The van der Waals surface area contributed by atoms with Crippen molar-refractivity contribution in [2.75, 3.05) is 0 Å². The van der Waals surface area contributed by atoms with E-state index in [9.17, 15) is 0 Å². The first-order valence-electron chi connectivity index (χ1n) is 7.81. The summed E-state index contributed by atoms with van der Waals surface area (Å²) in [6.07, 6.45) is 3.49. The molecule has 0 bridgehead atoms. The SMILES string of the molecule is Cc1ccc(-n2[c-][n+](-c3ccc(C)cc3)c3ccccc32)cc1. The van der Waals surface area contributed by atoms with Crippen LogP contribution in [0.2, 0.25) is 0 Å². The third kappa shape index (κ3) is 2.42. The molecule has 2 nitrogen and oxygen atoms in total. The molecule has 0 atom stereocenters. The first-order chi connectivity index (χ1) is 11.2. The van der Waals surface area contributed by atoms with Crippen LogP contribution >= 0.6 is 0 Å². The van der Waals surface area contributed by atoms with Crippen LogP contribution in [0.25, 0.3) is 22.4 Å². The summed E-state index contributed by atoms with van der Waals surface area (Å²) in [6, 6.07) is 25.5. The lowest BCUT2D eigenvalue weighted by molar-refractivity contribution is -0.572. The van der Waals surface area contributed by atoms with Gasteiger partial charge < -0.3 is 0 Å². The van der Waals surface area contributed by atoms with Crippen molar-refractivity contribution in [1.82, 2.24) is 4.57 Å². The lowest BCUT2D eigenvalue weighted by Gasteiger charge is -2.03. The Balaban J connectivity index is 1.96. The number of hydrogen-bond acceptors (Lipinski definition) is 0. The fourth-order valence-electron chi connectivity index (χ4n) is 2.83. The summed E-state index contributed by atoms with van der Waals surface area (Å²) < 4.78 is 4.24. The van der Waals surface area contributed by atoms with Gasteiger partial charge >= 0.3 is 0 Å². The molecule has 0 aliphatic rings. The number of fused-ring (bicyclic) bond motifs is 1. The summed E-state index contributed by atoms with van der Waals surface area (Å²) in [4.78, 5) is 0. The Kier molecular flexibility index (Phi) is 3.23. The Morgan fingerprint density at radius 1 is 0.739 bits per heavy atom. The average Bonchev–Trinajstić information content (AvgIpc) is 2.96. The first kappa shape index (κ1) is 13.8. The van der Waals surface area contributed by atoms with E-state index in [-0.39, 0.29) is 0 Å². The van der Waals surface area contributed by atoms with Crippen molar-refractivity contribution >= 4 is 11.0 Å². The van der Waals surface area contributed by atoms with Crippen LogP contribution in [0.4, 0.5) is 0 Å². The lowest BCUT2D eigenvalue weighted by Crippen LogP contribution is -2.29. The number of imidazole rings is 1. The molecule has 0 fully saturated rings. The average molecular weight is 298 g/mol. The number of aromatic nitrogens is 2. The fraction of sp³-hybridized carbons (Fsp3) is 0.0952. The summed E-state index contributed by atoms with van der Waals surface area (Å²) in [5.41, 5.74) is 7.07. The molecule has 112 valence electrons. The minimum Gasteiger partial charge on any atom is -0.292 e. The van der Waals surface area contributed by atoms with Crippen LogP contribution in [-0.4, -0.2) is 4.57 Å². The number of hydrogen-bond donors (Lipinski definition) is 0. The van der Waals surface area contributed by atoms with Crippen LogP contribution in [-0.2, 0) is 0 Å². The van der Waals surface area contributed by atoms with E-state index in [1.54, 1.807) is 0 Å². The van der Waals surface area contributed by atoms with Crippen molar-refractivity contribution in [1.29, 1.82) is 0 Å². The maximum absolute atomic E-state index is 3.49. The third-order valence-corrected chi connectivity index (χ3v) is 4.15. The van der Waals surface area contributed by atoms with Gasteiger partial charge in [0.25, 0.3) is 6.33 Å². The largest absolute Gasteiger partial charge is 0.292 e. The number of nitrogens with zero attached hydrogens (tertiary/aromatic N) is 2. The van der Waals surface area contributed by atoms with Crippen LogP contribution in [0.15, 0.2) is 72.8 Å². The molecule has 23 heavy (non-hydrogen) atoms. The van der Waals surface area contributed by atoms with Crippen LogP contribution in [0, 0.1) is 20.2 Å². The fourth-order valence-corrected chi connectivity index (χ4v) is 2.83. The molecule has 0 spiro atoms. The van der Waals surface area contributed by atoms with E-state index < -0.39 is 0 Å². The number of rotatable bonds is 2. The molecule has 1 heterocycles. The Morgan fingerprint density at radius 2 is 1.35 bits per heavy atom. The summed E-state index contributed by atoms with van der Waals surface area (Å²) in [7, 11) is 0. The van der Waals surface area contributed by atoms with E-state index in [2.05, 4.69) is 102 Å². The van der Waals surface area contributed by atoms with Gasteiger partial charge in [-0.2, -0.15) is 0 Å². The third-order valence-electron chi connectivity index (χ3n) is 4.15. The lowest BCUT2D eigenvalue weighted by atomic mass is 10.2. The molecule has 0 saturated carbocycles.